The van der Waals surface area contributed by atoms with E-state index < -0.39 is 11.9 Å². The van der Waals surface area contributed by atoms with Crippen LogP contribution in [-0.4, -0.2) is 54.8 Å². The van der Waals surface area contributed by atoms with Crippen molar-refractivity contribution in [3.05, 3.63) is 91.5 Å². The highest BCUT2D eigenvalue weighted by Crippen LogP contribution is 2.45. The molecular formula is C31H34BrN3O3S. The quantitative estimate of drug-likeness (QED) is 0.333. The molecule has 1 fully saturated rings. The van der Waals surface area contributed by atoms with E-state index in [1.54, 1.807) is 18.3 Å². The second-order valence-corrected chi connectivity index (χ2v) is 12.2. The maximum Gasteiger partial charge on any atom is 0.337 e. The zero-order chi connectivity index (χ0) is 27.7. The second-order valence-electron chi connectivity index (χ2n) is 10.5. The minimum absolute atomic E-state index is 0.0613. The first-order valence-corrected chi connectivity index (χ1v) is 14.9. The Kier molecular flexibility index (Phi) is 8.38. The van der Waals surface area contributed by atoms with Crippen molar-refractivity contribution in [2.75, 3.05) is 33.2 Å². The average Bonchev–Trinajstić information content (AvgIpc) is 3.33. The van der Waals surface area contributed by atoms with Gasteiger partial charge in [-0.3, -0.25) is 9.69 Å². The highest BCUT2D eigenvalue weighted by molar-refractivity contribution is 9.10. The summed E-state index contributed by atoms with van der Waals surface area (Å²) in [4.78, 5) is 31.4. The minimum atomic E-state index is -0.497. The molecule has 2 aliphatic heterocycles. The van der Waals surface area contributed by atoms with E-state index in [0.29, 0.717) is 16.8 Å². The zero-order valence-corrected chi connectivity index (χ0v) is 25.2. The molecule has 1 unspecified atom stereocenters. The van der Waals surface area contributed by atoms with Crippen LogP contribution in [0.3, 0.4) is 0 Å². The first kappa shape index (κ1) is 27.8. The number of piperazine rings is 1. The number of thiophene rings is 1. The molecule has 2 aromatic carbocycles. The molecular weight excluding hydrogens is 574 g/mol. The zero-order valence-electron chi connectivity index (χ0n) is 22.8. The molecule has 0 amide bonds. The smallest absolute Gasteiger partial charge is 0.337 e. The fourth-order valence-corrected chi connectivity index (χ4v) is 7.26. The van der Waals surface area contributed by atoms with Crippen molar-refractivity contribution in [3.8, 4) is 0 Å². The Morgan fingerprint density at radius 3 is 2.46 bits per heavy atom. The molecule has 8 heteroatoms. The summed E-state index contributed by atoms with van der Waals surface area (Å²) >= 11 is 5.25. The van der Waals surface area contributed by atoms with Crippen LogP contribution in [0.2, 0.25) is 0 Å². The number of dihydropyridines is 1. The number of likely N-dealkylation sites (N-methyl/N-ethyl adjacent to an activating group) is 1. The lowest BCUT2D eigenvalue weighted by atomic mass is 9.79. The van der Waals surface area contributed by atoms with Crippen LogP contribution < -0.4 is 5.32 Å². The fraction of sp³-hybridized carbons (Fsp3) is 0.355. The van der Waals surface area contributed by atoms with Crippen molar-refractivity contribution >= 4 is 49.1 Å². The molecule has 5 rings (SSSR count). The van der Waals surface area contributed by atoms with E-state index in [0.717, 1.165) is 64.1 Å². The predicted molar refractivity (Wildman–Crippen MR) is 160 cm³/mol. The van der Waals surface area contributed by atoms with Gasteiger partial charge in [0.15, 0.2) is 5.78 Å². The second kappa shape index (κ2) is 11.8. The van der Waals surface area contributed by atoms with Gasteiger partial charge in [0.1, 0.15) is 6.61 Å². The van der Waals surface area contributed by atoms with Crippen LogP contribution in [0.1, 0.15) is 43.4 Å². The van der Waals surface area contributed by atoms with Crippen molar-refractivity contribution in [1.82, 2.24) is 15.1 Å². The van der Waals surface area contributed by atoms with Crippen molar-refractivity contribution in [2.24, 2.45) is 0 Å². The van der Waals surface area contributed by atoms with Crippen molar-refractivity contribution in [3.63, 3.8) is 0 Å². The molecule has 0 radical (unpaired) electrons. The summed E-state index contributed by atoms with van der Waals surface area (Å²) in [5.41, 5.74) is 5.69. The van der Waals surface area contributed by atoms with Gasteiger partial charge in [-0.25, -0.2) is 4.79 Å². The Balaban J connectivity index is 1.39. The molecule has 0 spiro atoms. The third-order valence-corrected chi connectivity index (χ3v) is 9.59. The molecule has 1 saturated heterocycles. The Morgan fingerprint density at radius 1 is 1.03 bits per heavy atom. The topological polar surface area (TPSA) is 61.9 Å². The maximum absolute atomic E-state index is 13.7. The molecule has 0 bridgehead atoms. The van der Waals surface area contributed by atoms with Crippen molar-refractivity contribution < 1.29 is 14.3 Å². The third-order valence-electron chi connectivity index (χ3n) is 7.62. The lowest BCUT2D eigenvalue weighted by molar-refractivity contribution is -0.140. The number of hydrogen-bond donors (Lipinski definition) is 1. The van der Waals surface area contributed by atoms with Gasteiger partial charge in [0.25, 0.3) is 0 Å². The average molecular weight is 609 g/mol. The van der Waals surface area contributed by atoms with E-state index in [9.17, 15) is 9.59 Å². The monoisotopic (exact) mass is 607 g/mol. The van der Waals surface area contributed by atoms with E-state index in [1.165, 1.54) is 5.56 Å². The Morgan fingerprint density at radius 2 is 1.72 bits per heavy atom. The number of allylic oxidation sites excluding steroid dienone is 3. The minimum Gasteiger partial charge on any atom is -0.457 e. The van der Waals surface area contributed by atoms with Crippen LogP contribution >= 0.6 is 27.3 Å². The van der Waals surface area contributed by atoms with Crippen LogP contribution in [-0.2, 0) is 27.5 Å². The van der Waals surface area contributed by atoms with Crippen LogP contribution in [0.5, 0.6) is 0 Å². The summed E-state index contributed by atoms with van der Waals surface area (Å²) in [7, 11) is 2.16. The molecule has 2 aliphatic rings. The first-order valence-electron chi connectivity index (χ1n) is 13.2. The number of ketones is 1. The van der Waals surface area contributed by atoms with Crippen molar-refractivity contribution in [1.29, 1.82) is 0 Å². The molecule has 1 atom stereocenters. The maximum atomic E-state index is 13.7. The molecule has 6 nitrogen and oxygen atoms in total. The Hall–Kier alpha value is -2.78. The van der Waals surface area contributed by atoms with Gasteiger partial charge >= 0.3 is 5.97 Å². The van der Waals surface area contributed by atoms with E-state index in [1.807, 2.05) is 44.2 Å². The summed E-state index contributed by atoms with van der Waals surface area (Å²) < 4.78 is 8.02. The Bertz CT molecular complexity index is 1480. The van der Waals surface area contributed by atoms with Crippen molar-refractivity contribution in [2.45, 2.75) is 39.8 Å². The SMILES string of the molecule is CC(=O)C1=C(C)NC(C)=C(C(=O)OCc2cccc(CN3CCN(C)CC3)c2)C1c1csc2c(Br)cccc12. The number of Topliss-reactive ketones (excluding diaryl/α,β-unsaturated/α-hetero) is 1. The predicted octanol–water partition coefficient (Wildman–Crippen LogP) is 5.98. The van der Waals surface area contributed by atoms with Crippen LogP contribution in [0.15, 0.2) is 74.9 Å². The highest BCUT2D eigenvalue weighted by atomic mass is 79.9. The first-order chi connectivity index (χ1) is 18.7. The number of ether oxygens (including phenoxy) is 1. The molecule has 204 valence electrons. The number of nitrogens with zero attached hydrogens (tertiary/aromatic N) is 2. The van der Waals surface area contributed by atoms with Gasteiger partial charge in [-0.15, -0.1) is 11.3 Å². The fourth-order valence-electron chi connectivity index (χ4n) is 5.62. The number of carbonyl (C=O) groups is 2. The van der Waals surface area contributed by atoms with Gasteiger partial charge in [-0.1, -0.05) is 36.4 Å². The standard InChI is InChI=1S/C31H34BrN3O3S/c1-19-27(21(3)36)29(25-18-39-30-24(25)9-6-10-26(30)32)28(20(2)33-19)31(37)38-17-23-8-5-7-22(15-23)16-35-13-11-34(4)12-14-35/h5-10,15,18,29,33H,11-14,16-17H2,1-4H3. The van der Waals surface area contributed by atoms with Gasteiger partial charge in [0.2, 0.25) is 0 Å². The molecule has 1 N–H and O–H groups in total. The number of halogens is 1. The molecule has 0 saturated carbocycles. The van der Waals surface area contributed by atoms with Crippen LogP contribution in [0.4, 0.5) is 0 Å². The number of esters is 1. The summed E-state index contributed by atoms with van der Waals surface area (Å²) in [6.45, 7) is 10.7. The van der Waals surface area contributed by atoms with Gasteiger partial charge in [-0.2, -0.15) is 0 Å². The highest BCUT2D eigenvalue weighted by Gasteiger charge is 2.37. The molecule has 3 heterocycles. The number of hydrogen-bond acceptors (Lipinski definition) is 7. The molecule has 3 aromatic rings. The van der Waals surface area contributed by atoms with E-state index in [2.05, 4.69) is 55.6 Å². The van der Waals surface area contributed by atoms with Crippen LogP contribution in [0.25, 0.3) is 10.1 Å². The van der Waals surface area contributed by atoms with Gasteiger partial charge < -0.3 is 15.0 Å². The van der Waals surface area contributed by atoms with Gasteiger partial charge in [0.05, 0.1) is 5.57 Å². The molecule has 0 aliphatic carbocycles. The summed E-state index contributed by atoms with van der Waals surface area (Å²) in [6, 6.07) is 14.3. The van der Waals surface area contributed by atoms with Gasteiger partial charge in [0, 0.05) is 64.8 Å². The molecule has 1 aromatic heterocycles. The number of carbonyl (C=O) groups excluding carboxylic acids is 2. The van der Waals surface area contributed by atoms with E-state index in [-0.39, 0.29) is 12.4 Å². The van der Waals surface area contributed by atoms with Gasteiger partial charge in [-0.05, 0) is 77.3 Å². The van der Waals surface area contributed by atoms with E-state index in [4.69, 9.17) is 4.74 Å². The summed E-state index contributed by atoms with van der Waals surface area (Å²) in [6.07, 6.45) is 0. The summed E-state index contributed by atoms with van der Waals surface area (Å²) in [5, 5.41) is 6.36. The van der Waals surface area contributed by atoms with Crippen LogP contribution in [0, 0.1) is 0 Å². The summed E-state index contributed by atoms with van der Waals surface area (Å²) in [5.74, 6) is -0.966. The third kappa shape index (κ3) is 5.89. The largest absolute Gasteiger partial charge is 0.457 e. The number of fused-ring (bicyclic) bond motifs is 1. The molecule has 39 heavy (non-hydrogen) atoms. The number of nitrogens with one attached hydrogen (secondary N) is 1. The lowest BCUT2D eigenvalue weighted by Crippen LogP contribution is -2.43. The number of rotatable bonds is 7. The number of benzene rings is 2. The normalized spacial score (nSPS) is 18.9. The van der Waals surface area contributed by atoms with E-state index >= 15 is 0 Å². The lowest BCUT2D eigenvalue weighted by Gasteiger charge is -2.32. The Labute approximate surface area is 242 Å².